The molecule has 98 valence electrons. The molecule has 0 amide bonds. The van der Waals surface area contributed by atoms with Gasteiger partial charge in [0.05, 0.1) is 12.3 Å². The molecule has 6 heteroatoms. The van der Waals surface area contributed by atoms with Gasteiger partial charge in [-0.2, -0.15) is 5.26 Å². The molecule has 0 N–H and O–H groups in total. The van der Waals surface area contributed by atoms with Crippen molar-refractivity contribution in [3.8, 4) is 11.8 Å². The summed E-state index contributed by atoms with van der Waals surface area (Å²) in [5, 5.41) is 9.57. The van der Waals surface area contributed by atoms with E-state index in [-0.39, 0.29) is 19.0 Å². The van der Waals surface area contributed by atoms with Crippen LogP contribution in [0.4, 0.5) is 4.39 Å². The van der Waals surface area contributed by atoms with Crippen LogP contribution in [0.25, 0.3) is 0 Å². The summed E-state index contributed by atoms with van der Waals surface area (Å²) >= 11 is 1.22. The van der Waals surface area contributed by atoms with E-state index in [9.17, 15) is 4.39 Å². The number of nitriles is 1. The molecular weight excluding hydrogens is 267 g/mol. The maximum absolute atomic E-state index is 13.3. The number of hydrogen-bond donors (Lipinski definition) is 0. The summed E-state index contributed by atoms with van der Waals surface area (Å²) in [6.07, 6.45) is 0. The zero-order chi connectivity index (χ0) is 13.7. The van der Waals surface area contributed by atoms with Crippen LogP contribution in [0.5, 0.6) is 5.75 Å². The molecule has 0 unspecified atom stereocenters. The third-order valence-corrected chi connectivity index (χ3v) is 3.29. The summed E-state index contributed by atoms with van der Waals surface area (Å²) in [4.78, 5) is 4.73. The smallest absolute Gasteiger partial charge is 0.165 e. The lowest BCUT2D eigenvalue weighted by atomic mass is 10.3. The highest BCUT2D eigenvalue weighted by atomic mass is 32.1. The summed E-state index contributed by atoms with van der Waals surface area (Å²) < 4.78 is 23.6. The minimum Gasteiger partial charge on any atom is -0.483 e. The fourth-order valence-electron chi connectivity index (χ4n) is 1.49. The Bertz CT molecular complexity index is 607. The van der Waals surface area contributed by atoms with E-state index in [0.717, 1.165) is 0 Å². The van der Waals surface area contributed by atoms with Crippen LogP contribution < -0.4 is 4.74 Å². The van der Waals surface area contributed by atoms with Gasteiger partial charge in [0.1, 0.15) is 22.6 Å². The summed E-state index contributed by atoms with van der Waals surface area (Å²) in [6.45, 7) is 0.406. The molecule has 0 aliphatic rings. The molecule has 0 aliphatic heterocycles. The van der Waals surface area contributed by atoms with E-state index in [2.05, 4.69) is 11.1 Å². The summed E-state index contributed by atoms with van der Waals surface area (Å²) in [6, 6.07) is 8.22. The minimum absolute atomic E-state index is 0.129. The van der Waals surface area contributed by atoms with Gasteiger partial charge < -0.3 is 9.47 Å². The molecule has 1 heterocycles. The lowest BCUT2D eigenvalue weighted by Crippen LogP contribution is -1.97. The van der Waals surface area contributed by atoms with Crippen LogP contribution in [-0.4, -0.2) is 12.1 Å². The SMILES string of the molecule is COCc1nc(COc2ccccc2F)sc1C#N. The van der Waals surface area contributed by atoms with Gasteiger partial charge in [-0.25, -0.2) is 9.37 Å². The first-order valence-corrected chi connectivity index (χ1v) is 6.31. The monoisotopic (exact) mass is 278 g/mol. The molecule has 0 aliphatic carbocycles. The molecule has 0 spiro atoms. The van der Waals surface area contributed by atoms with Crippen LogP contribution in [0.15, 0.2) is 24.3 Å². The van der Waals surface area contributed by atoms with Crippen molar-refractivity contribution in [2.45, 2.75) is 13.2 Å². The zero-order valence-electron chi connectivity index (χ0n) is 10.2. The Morgan fingerprint density at radius 2 is 2.16 bits per heavy atom. The van der Waals surface area contributed by atoms with E-state index in [1.165, 1.54) is 24.5 Å². The summed E-state index contributed by atoms with van der Waals surface area (Å²) in [5.41, 5.74) is 0.585. The van der Waals surface area contributed by atoms with Gasteiger partial charge in [-0.3, -0.25) is 0 Å². The molecular formula is C13H11FN2O2S. The number of ether oxygens (including phenoxy) is 2. The van der Waals surface area contributed by atoms with Crippen LogP contribution in [-0.2, 0) is 18.0 Å². The van der Waals surface area contributed by atoms with Gasteiger partial charge >= 0.3 is 0 Å². The number of benzene rings is 1. The Labute approximate surface area is 114 Å². The van der Waals surface area contributed by atoms with Gasteiger partial charge in [-0.15, -0.1) is 11.3 Å². The van der Waals surface area contributed by atoms with E-state index in [0.29, 0.717) is 15.6 Å². The first-order valence-electron chi connectivity index (χ1n) is 5.49. The predicted octanol–water partition coefficient (Wildman–Crippen LogP) is 2.88. The number of aromatic nitrogens is 1. The van der Waals surface area contributed by atoms with E-state index in [1.807, 2.05) is 0 Å². The van der Waals surface area contributed by atoms with Gasteiger partial charge in [0, 0.05) is 7.11 Å². The van der Waals surface area contributed by atoms with Crippen molar-refractivity contribution in [1.29, 1.82) is 5.26 Å². The van der Waals surface area contributed by atoms with Crippen molar-refractivity contribution >= 4 is 11.3 Å². The Kier molecular flexibility index (Phi) is 4.44. The van der Waals surface area contributed by atoms with E-state index >= 15 is 0 Å². The number of halogens is 1. The number of hydrogen-bond acceptors (Lipinski definition) is 5. The van der Waals surface area contributed by atoms with Crippen molar-refractivity contribution in [3.05, 3.63) is 45.7 Å². The largest absolute Gasteiger partial charge is 0.483 e. The van der Waals surface area contributed by atoms with Crippen LogP contribution in [0.2, 0.25) is 0 Å². The normalized spacial score (nSPS) is 10.2. The molecule has 0 saturated carbocycles. The first kappa shape index (κ1) is 13.5. The molecule has 1 aromatic carbocycles. The number of para-hydroxylation sites is 1. The van der Waals surface area contributed by atoms with E-state index in [4.69, 9.17) is 14.7 Å². The molecule has 0 fully saturated rings. The van der Waals surface area contributed by atoms with Crippen molar-refractivity contribution in [2.75, 3.05) is 7.11 Å². The van der Waals surface area contributed by atoms with Crippen LogP contribution in [0.3, 0.4) is 0 Å². The van der Waals surface area contributed by atoms with Crippen molar-refractivity contribution in [2.24, 2.45) is 0 Å². The Morgan fingerprint density at radius 3 is 2.84 bits per heavy atom. The second-order valence-electron chi connectivity index (χ2n) is 3.65. The first-order chi connectivity index (χ1) is 9.24. The number of thiazole rings is 1. The third-order valence-electron chi connectivity index (χ3n) is 2.31. The second-order valence-corrected chi connectivity index (χ2v) is 4.73. The molecule has 1 aromatic heterocycles. The second kappa shape index (κ2) is 6.27. The highest BCUT2D eigenvalue weighted by Crippen LogP contribution is 2.21. The van der Waals surface area contributed by atoms with Gasteiger partial charge in [0.15, 0.2) is 11.6 Å². The molecule has 19 heavy (non-hydrogen) atoms. The van der Waals surface area contributed by atoms with Gasteiger partial charge in [-0.1, -0.05) is 12.1 Å². The Morgan fingerprint density at radius 1 is 1.37 bits per heavy atom. The highest BCUT2D eigenvalue weighted by Gasteiger charge is 2.11. The van der Waals surface area contributed by atoms with E-state index in [1.54, 1.807) is 18.2 Å². The topological polar surface area (TPSA) is 55.1 Å². The van der Waals surface area contributed by atoms with Crippen molar-refractivity contribution in [3.63, 3.8) is 0 Å². The average molecular weight is 278 g/mol. The van der Waals surface area contributed by atoms with Crippen LogP contribution >= 0.6 is 11.3 Å². The van der Waals surface area contributed by atoms with Crippen LogP contribution in [0.1, 0.15) is 15.6 Å². The lowest BCUT2D eigenvalue weighted by molar-refractivity contribution is 0.181. The summed E-state index contributed by atoms with van der Waals surface area (Å²) in [7, 11) is 1.54. The summed E-state index contributed by atoms with van der Waals surface area (Å²) in [5.74, 6) is -0.249. The molecule has 0 radical (unpaired) electrons. The maximum Gasteiger partial charge on any atom is 0.165 e. The maximum atomic E-state index is 13.3. The third kappa shape index (κ3) is 3.28. The molecule has 0 atom stereocenters. The number of methoxy groups -OCH3 is 1. The Hall–Kier alpha value is -1.97. The quantitative estimate of drug-likeness (QED) is 0.844. The van der Waals surface area contributed by atoms with Crippen molar-refractivity contribution in [1.82, 2.24) is 4.98 Å². The fraction of sp³-hybridized carbons (Fsp3) is 0.231. The molecule has 0 saturated heterocycles. The average Bonchev–Trinajstić information content (AvgIpc) is 2.81. The minimum atomic E-state index is -0.420. The lowest BCUT2D eigenvalue weighted by Gasteiger charge is -2.04. The number of nitrogens with zero attached hydrogens (tertiary/aromatic N) is 2. The Balaban J connectivity index is 2.08. The molecule has 2 aromatic rings. The highest BCUT2D eigenvalue weighted by molar-refractivity contribution is 7.12. The van der Waals surface area contributed by atoms with Crippen molar-refractivity contribution < 1.29 is 13.9 Å². The predicted molar refractivity (Wildman–Crippen MR) is 68.3 cm³/mol. The zero-order valence-corrected chi connectivity index (χ0v) is 11.0. The molecule has 0 bridgehead atoms. The molecule has 4 nitrogen and oxygen atoms in total. The molecule has 2 rings (SSSR count). The fourth-order valence-corrected chi connectivity index (χ4v) is 2.26. The van der Waals surface area contributed by atoms with Gasteiger partial charge in [0.2, 0.25) is 0 Å². The number of rotatable bonds is 5. The standard InChI is InChI=1S/C13H11FN2O2S/c1-17-7-10-12(6-15)19-13(16-10)8-18-11-5-3-2-4-9(11)14/h2-5H,7-8H2,1H3. The van der Waals surface area contributed by atoms with Crippen LogP contribution in [0, 0.1) is 17.1 Å². The van der Waals surface area contributed by atoms with E-state index < -0.39 is 5.82 Å². The van der Waals surface area contributed by atoms with Gasteiger partial charge in [-0.05, 0) is 12.1 Å². The van der Waals surface area contributed by atoms with Gasteiger partial charge in [0.25, 0.3) is 0 Å².